The van der Waals surface area contributed by atoms with Crippen LogP contribution in [0.15, 0.2) is 144 Å². The number of benzene rings is 5. The lowest BCUT2D eigenvalue weighted by atomic mass is 10.1. The Hall–Kier alpha value is -6.17. The maximum Gasteiger partial charge on any atom is 0.272 e. The van der Waals surface area contributed by atoms with Crippen molar-refractivity contribution in [2.24, 2.45) is 0 Å². The van der Waals surface area contributed by atoms with Crippen LogP contribution in [0.4, 0.5) is 10.8 Å². The number of anilines is 2. The third-order valence-electron chi connectivity index (χ3n) is 8.04. The number of hydrogen-bond donors (Lipinski definition) is 4. The highest BCUT2D eigenvalue weighted by atomic mass is 32.2. The third-order valence-corrected chi connectivity index (χ3v) is 10.2. The van der Waals surface area contributed by atoms with Gasteiger partial charge in [-0.05, 0) is 73.2 Å². The number of thiazole rings is 1. The summed E-state index contributed by atoms with van der Waals surface area (Å²) in [6, 6.07) is 38.9. The van der Waals surface area contributed by atoms with Crippen LogP contribution in [0.3, 0.4) is 0 Å². The molecule has 0 spiro atoms. The molecule has 2 aromatic heterocycles. The van der Waals surface area contributed by atoms with Crippen molar-refractivity contribution in [1.29, 1.82) is 0 Å². The van der Waals surface area contributed by atoms with Crippen molar-refractivity contribution in [3.63, 3.8) is 0 Å². The van der Waals surface area contributed by atoms with Gasteiger partial charge in [0.05, 0.1) is 16.8 Å². The Morgan fingerprint density at radius 3 is 2.44 bits per heavy atom. The lowest BCUT2D eigenvalue weighted by Gasteiger charge is -2.17. The molecule has 0 aliphatic carbocycles. The number of amides is 3. The second-order valence-corrected chi connectivity index (χ2v) is 13.8. The molecule has 0 aliphatic heterocycles. The van der Waals surface area contributed by atoms with Gasteiger partial charge in [0.15, 0.2) is 5.13 Å². The average molecular weight is 724 g/mol. The molecule has 0 fully saturated rings. The summed E-state index contributed by atoms with van der Waals surface area (Å²) in [5.41, 5.74) is 4.23. The zero-order chi connectivity index (χ0) is 35.9. The Morgan fingerprint density at radius 2 is 1.63 bits per heavy atom. The zero-order valence-electron chi connectivity index (χ0n) is 28.0. The number of aromatic nitrogens is 2. The highest BCUT2D eigenvalue weighted by molar-refractivity contribution is 8.00. The summed E-state index contributed by atoms with van der Waals surface area (Å²) < 4.78 is 6.54. The van der Waals surface area contributed by atoms with E-state index in [1.54, 1.807) is 48.7 Å². The molecule has 258 valence electrons. The molecule has 0 aliphatic rings. The molecular formula is C41H33N5O4S2. The summed E-state index contributed by atoms with van der Waals surface area (Å²) in [5.74, 6) is -0.397. The van der Waals surface area contributed by atoms with Gasteiger partial charge in [0.2, 0.25) is 5.91 Å². The van der Waals surface area contributed by atoms with Gasteiger partial charge in [-0.3, -0.25) is 14.4 Å². The van der Waals surface area contributed by atoms with E-state index < -0.39 is 17.1 Å². The summed E-state index contributed by atoms with van der Waals surface area (Å²) in [4.78, 5) is 49.5. The molecule has 0 radical (unpaired) electrons. The van der Waals surface area contributed by atoms with Crippen LogP contribution in [-0.2, 0) is 9.59 Å². The van der Waals surface area contributed by atoms with Gasteiger partial charge in [0, 0.05) is 38.8 Å². The van der Waals surface area contributed by atoms with E-state index in [4.69, 9.17) is 4.74 Å². The van der Waals surface area contributed by atoms with Crippen LogP contribution in [0.25, 0.3) is 27.2 Å². The Balaban J connectivity index is 1.12. The molecule has 7 rings (SSSR count). The minimum absolute atomic E-state index is 0.0717. The highest BCUT2D eigenvalue weighted by Gasteiger charge is 2.24. The lowest BCUT2D eigenvalue weighted by molar-refractivity contribution is -0.116. The Morgan fingerprint density at radius 1 is 0.865 bits per heavy atom. The van der Waals surface area contributed by atoms with Gasteiger partial charge in [-0.15, -0.1) is 11.8 Å². The molecule has 3 amide bonds. The smallest absolute Gasteiger partial charge is 0.272 e. The number of nitrogens with one attached hydrogen (secondary N) is 4. The SMILES string of the molecule is CCOc1ccc2nc(NC(=O)C(Sc3cccc(NC(=O)/C(=C/c4c[nH]c5ccccc45)NC(=O)c4ccccc4)c3)c3ccccc3)sc2c1. The zero-order valence-corrected chi connectivity index (χ0v) is 29.6. The molecule has 1 atom stereocenters. The predicted octanol–water partition coefficient (Wildman–Crippen LogP) is 9.06. The van der Waals surface area contributed by atoms with Crippen LogP contribution >= 0.6 is 23.1 Å². The van der Waals surface area contributed by atoms with Crippen molar-refractivity contribution in [3.8, 4) is 5.75 Å². The van der Waals surface area contributed by atoms with Crippen molar-refractivity contribution in [2.75, 3.05) is 17.2 Å². The number of ether oxygens (including phenoxy) is 1. The van der Waals surface area contributed by atoms with Crippen molar-refractivity contribution >= 4 is 78.8 Å². The van der Waals surface area contributed by atoms with E-state index in [0.29, 0.717) is 23.0 Å². The van der Waals surface area contributed by atoms with Gasteiger partial charge in [-0.25, -0.2) is 4.98 Å². The topological polar surface area (TPSA) is 125 Å². The van der Waals surface area contributed by atoms with E-state index in [1.165, 1.54) is 23.1 Å². The van der Waals surface area contributed by atoms with E-state index in [2.05, 4.69) is 25.9 Å². The number of rotatable bonds is 12. The van der Waals surface area contributed by atoms with Crippen molar-refractivity contribution < 1.29 is 19.1 Å². The third kappa shape index (κ3) is 8.07. The Kier molecular flexibility index (Phi) is 10.4. The standard InChI is InChI=1S/C41H33N5O4S2/c1-2-50-30-20-21-34-36(24-30)52-41(45-34)46-40(49)37(26-12-5-3-6-13-26)51-31-17-11-16-29(23-31)43-39(48)35(44-38(47)27-14-7-4-8-15-27)22-28-25-42-33-19-10-9-18-32(28)33/h3-25,37,42H,2H2,1H3,(H,43,48)(H,44,47)(H,45,46,49)/b35-22-. The first-order valence-corrected chi connectivity index (χ1v) is 18.2. The molecule has 52 heavy (non-hydrogen) atoms. The number of fused-ring (bicyclic) bond motifs is 2. The molecule has 5 aromatic carbocycles. The summed E-state index contributed by atoms with van der Waals surface area (Å²) in [5, 5.41) is 9.54. The minimum atomic E-state index is -0.624. The molecule has 2 heterocycles. The quantitative estimate of drug-likeness (QED) is 0.0737. The number of carbonyl (C=O) groups is 3. The van der Waals surface area contributed by atoms with Crippen molar-refractivity contribution in [3.05, 3.63) is 156 Å². The maximum atomic E-state index is 13.9. The lowest BCUT2D eigenvalue weighted by Crippen LogP contribution is -2.30. The van der Waals surface area contributed by atoms with E-state index >= 15 is 0 Å². The second-order valence-electron chi connectivity index (χ2n) is 11.6. The Labute approximate surface area is 308 Å². The number of thioether (sulfide) groups is 1. The number of aromatic amines is 1. The Bertz CT molecular complexity index is 2410. The van der Waals surface area contributed by atoms with Crippen LogP contribution in [0.5, 0.6) is 5.75 Å². The summed E-state index contributed by atoms with van der Waals surface area (Å²) in [7, 11) is 0. The number of para-hydroxylation sites is 1. The molecule has 0 saturated carbocycles. The second kappa shape index (κ2) is 15.8. The average Bonchev–Trinajstić information content (AvgIpc) is 3.77. The molecule has 0 saturated heterocycles. The van der Waals surface area contributed by atoms with Crippen LogP contribution in [0, 0.1) is 0 Å². The fourth-order valence-electron chi connectivity index (χ4n) is 5.58. The first kappa shape index (κ1) is 34.3. The van der Waals surface area contributed by atoms with Gasteiger partial charge in [0.1, 0.15) is 16.7 Å². The highest BCUT2D eigenvalue weighted by Crippen LogP contribution is 2.38. The van der Waals surface area contributed by atoms with Gasteiger partial charge >= 0.3 is 0 Å². The number of nitrogens with zero attached hydrogens (tertiary/aromatic N) is 1. The molecule has 0 bridgehead atoms. The first-order chi connectivity index (χ1) is 25.4. The van der Waals surface area contributed by atoms with Gasteiger partial charge in [-0.2, -0.15) is 0 Å². The number of hydrogen-bond acceptors (Lipinski definition) is 7. The largest absolute Gasteiger partial charge is 0.494 e. The van der Waals surface area contributed by atoms with E-state index in [1.807, 2.05) is 97.9 Å². The number of carbonyl (C=O) groups excluding carboxylic acids is 3. The van der Waals surface area contributed by atoms with E-state index in [9.17, 15) is 14.4 Å². The van der Waals surface area contributed by atoms with Crippen LogP contribution in [0.2, 0.25) is 0 Å². The molecule has 4 N–H and O–H groups in total. The van der Waals surface area contributed by atoms with Crippen LogP contribution < -0.4 is 20.7 Å². The molecule has 1 unspecified atom stereocenters. The number of H-pyrrole nitrogens is 1. The molecule has 7 aromatic rings. The first-order valence-electron chi connectivity index (χ1n) is 16.5. The summed E-state index contributed by atoms with van der Waals surface area (Å²) in [6.45, 7) is 2.49. The summed E-state index contributed by atoms with van der Waals surface area (Å²) >= 11 is 2.74. The van der Waals surface area contributed by atoms with E-state index in [-0.39, 0.29) is 11.6 Å². The predicted molar refractivity (Wildman–Crippen MR) is 210 cm³/mol. The van der Waals surface area contributed by atoms with Gasteiger partial charge < -0.3 is 25.7 Å². The molecule has 11 heteroatoms. The molecular weight excluding hydrogens is 691 g/mol. The fourth-order valence-corrected chi connectivity index (χ4v) is 7.56. The van der Waals surface area contributed by atoms with E-state index in [0.717, 1.165) is 42.9 Å². The monoisotopic (exact) mass is 723 g/mol. The van der Waals surface area contributed by atoms with Crippen LogP contribution in [-0.4, -0.2) is 34.3 Å². The van der Waals surface area contributed by atoms with Gasteiger partial charge in [0.25, 0.3) is 11.8 Å². The minimum Gasteiger partial charge on any atom is -0.494 e. The maximum absolute atomic E-state index is 13.9. The summed E-state index contributed by atoms with van der Waals surface area (Å²) in [6.07, 6.45) is 3.45. The fraction of sp³-hybridized carbons (Fsp3) is 0.0732. The van der Waals surface area contributed by atoms with Crippen molar-refractivity contribution in [2.45, 2.75) is 17.1 Å². The van der Waals surface area contributed by atoms with Gasteiger partial charge in [-0.1, -0.05) is 84.1 Å². The molecule has 9 nitrogen and oxygen atoms in total. The normalized spacial score (nSPS) is 12.0. The van der Waals surface area contributed by atoms with Crippen molar-refractivity contribution in [1.82, 2.24) is 15.3 Å². The van der Waals surface area contributed by atoms with Crippen LogP contribution in [0.1, 0.15) is 33.7 Å².